The van der Waals surface area contributed by atoms with Gasteiger partial charge in [-0.15, -0.1) is 11.6 Å². The van der Waals surface area contributed by atoms with E-state index in [4.69, 9.17) is 23.2 Å². The first-order valence-electron chi connectivity index (χ1n) is 5.75. The van der Waals surface area contributed by atoms with Crippen LogP contribution in [0, 0.1) is 25.5 Å². The summed E-state index contributed by atoms with van der Waals surface area (Å²) in [5.74, 6) is -1.23. The van der Waals surface area contributed by atoms with Gasteiger partial charge in [-0.2, -0.15) is 0 Å². The Hall–Kier alpha value is -1.12. The van der Waals surface area contributed by atoms with Crippen LogP contribution in [0.4, 0.5) is 8.78 Å². The van der Waals surface area contributed by atoms with Crippen molar-refractivity contribution in [3.05, 3.63) is 69.2 Å². The van der Waals surface area contributed by atoms with E-state index < -0.39 is 17.0 Å². The molecule has 0 aromatic heterocycles. The van der Waals surface area contributed by atoms with Crippen LogP contribution in [0.2, 0.25) is 5.02 Å². The fourth-order valence-corrected chi connectivity index (χ4v) is 2.56. The third-order valence-electron chi connectivity index (χ3n) is 2.91. The highest BCUT2D eigenvalue weighted by Crippen LogP contribution is 2.33. The zero-order chi connectivity index (χ0) is 14.2. The van der Waals surface area contributed by atoms with Gasteiger partial charge in [-0.1, -0.05) is 17.7 Å². The van der Waals surface area contributed by atoms with Crippen molar-refractivity contribution in [1.29, 1.82) is 0 Å². The van der Waals surface area contributed by atoms with Crippen molar-refractivity contribution in [1.82, 2.24) is 0 Å². The highest BCUT2D eigenvalue weighted by atomic mass is 35.5. The lowest BCUT2D eigenvalue weighted by atomic mass is 10.0. The summed E-state index contributed by atoms with van der Waals surface area (Å²) in [5.41, 5.74) is 2.24. The number of benzene rings is 2. The monoisotopic (exact) mass is 300 g/mol. The number of hydrogen-bond acceptors (Lipinski definition) is 0. The largest absolute Gasteiger partial charge is 0.207 e. The van der Waals surface area contributed by atoms with Crippen molar-refractivity contribution in [3.8, 4) is 0 Å². The summed E-state index contributed by atoms with van der Waals surface area (Å²) in [6, 6.07) is 7.60. The van der Waals surface area contributed by atoms with E-state index in [1.165, 1.54) is 6.07 Å². The van der Waals surface area contributed by atoms with Crippen LogP contribution >= 0.6 is 23.2 Å². The smallest absolute Gasteiger partial charge is 0.131 e. The molecule has 100 valence electrons. The molecule has 2 aromatic carbocycles. The number of halogens is 4. The molecule has 2 aromatic rings. The minimum atomic E-state index is -0.698. The fraction of sp³-hybridized carbons (Fsp3) is 0.200. The topological polar surface area (TPSA) is 0 Å². The maximum absolute atomic E-state index is 13.8. The summed E-state index contributed by atoms with van der Waals surface area (Å²) < 4.78 is 27.1. The van der Waals surface area contributed by atoms with Crippen molar-refractivity contribution >= 4 is 23.2 Å². The first-order chi connectivity index (χ1) is 8.88. The number of hydrogen-bond donors (Lipinski definition) is 0. The fourth-order valence-electron chi connectivity index (χ4n) is 1.96. The molecule has 0 bridgehead atoms. The summed E-state index contributed by atoms with van der Waals surface area (Å²) in [7, 11) is 0. The highest BCUT2D eigenvalue weighted by Gasteiger charge is 2.18. The number of aryl methyl sites for hydroxylation is 2. The second-order valence-electron chi connectivity index (χ2n) is 4.55. The van der Waals surface area contributed by atoms with Gasteiger partial charge in [0.1, 0.15) is 11.6 Å². The summed E-state index contributed by atoms with van der Waals surface area (Å²) >= 11 is 12.2. The Morgan fingerprint density at radius 3 is 2.26 bits per heavy atom. The molecule has 0 N–H and O–H groups in total. The highest BCUT2D eigenvalue weighted by molar-refractivity contribution is 6.31. The van der Waals surface area contributed by atoms with Crippen LogP contribution in [-0.2, 0) is 0 Å². The van der Waals surface area contributed by atoms with Crippen molar-refractivity contribution in [2.75, 3.05) is 0 Å². The Morgan fingerprint density at radius 1 is 0.947 bits per heavy atom. The van der Waals surface area contributed by atoms with Crippen molar-refractivity contribution in [2.24, 2.45) is 0 Å². The average Bonchev–Trinajstić information content (AvgIpc) is 2.31. The van der Waals surface area contributed by atoms with Crippen LogP contribution < -0.4 is 0 Å². The normalized spacial score (nSPS) is 12.5. The first kappa shape index (κ1) is 14.3. The molecule has 0 radical (unpaired) electrons. The zero-order valence-corrected chi connectivity index (χ0v) is 12.0. The predicted molar refractivity (Wildman–Crippen MR) is 75.0 cm³/mol. The van der Waals surface area contributed by atoms with Gasteiger partial charge in [0.25, 0.3) is 0 Å². The lowest BCUT2D eigenvalue weighted by molar-refractivity contribution is 0.568. The van der Waals surface area contributed by atoms with Gasteiger partial charge in [-0.05, 0) is 48.7 Å². The quantitative estimate of drug-likeness (QED) is 0.637. The Bertz CT molecular complexity index is 604. The van der Waals surface area contributed by atoms with Gasteiger partial charge in [-0.3, -0.25) is 0 Å². The van der Waals surface area contributed by atoms with E-state index in [0.717, 1.165) is 11.6 Å². The van der Waals surface area contributed by atoms with Crippen LogP contribution in [0.5, 0.6) is 0 Å². The van der Waals surface area contributed by atoms with Gasteiger partial charge in [-0.25, -0.2) is 8.78 Å². The molecule has 4 heteroatoms. The van der Waals surface area contributed by atoms with Gasteiger partial charge in [0.05, 0.1) is 5.38 Å². The molecule has 0 saturated heterocycles. The predicted octanol–water partition coefficient (Wildman–Crippen LogP) is 5.56. The molecule has 0 spiro atoms. The average molecular weight is 301 g/mol. The first-order valence-corrected chi connectivity index (χ1v) is 6.56. The van der Waals surface area contributed by atoms with Gasteiger partial charge in [0.15, 0.2) is 0 Å². The van der Waals surface area contributed by atoms with Crippen LogP contribution in [0.3, 0.4) is 0 Å². The van der Waals surface area contributed by atoms with Crippen molar-refractivity contribution in [3.63, 3.8) is 0 Å². The molecule has 1 atom stereocenters. The third kappa shape index (κ3) is 3.07. The van der Waals surface area contributed by atoms with Crippen LogP contribution in [0.15, 0.2) is 30.3 Å². The Labute approximate surface area is 121 Å². The van der Waals surface area contributed by atoms with Crippen molar-refractivity contribution in [2.45, 2.75) is 19.2 Å². The molecule has 0 saturated carbocycles. The minimum absolute atomic E-state index is 0.252. The third-order valence-corrected chi connectivity index (χ3v) is 3.61. The lowest BCUT2D eigenvalue weighted by Gasteiger charge is -2.14. The molecule has 0 aliphatic rings. The van der Waals surface area contributed by atoms with Crippen molar-refractivity contribution < 1.29 is 8.78 Å². The second kappa shape index (κ2) is 5.48. The molecule has 0 nitrogen and oxygen atoms in total. The molecule has 0 aliphatic carbocycles. The van der Waals surface area contributed by atoms with E-state index in [2.05, 4.69) is 0 Å². The van der Waals surface area contributed by atoms with Crippen LogP contribution in [-0.4, -0.2) is 0 Å². The van der Waals surface area contributed by atoms with E-state index in [1.807, 2.05) is 13.0 Å². The summed E-state index contributed by atoms with van der Waals surface area (Å²) in [5, 5.41) is -0.156. The molecule has 0 heterocycles. The van der Waals surface area contributed by atoms with Gasteiger partial charge >= 0.3 is 0 Å². The Balaban J connectivity index is 2.49. The summed E-state index contributed by atoms with van der Waals surface area (Å²) in [6.45, 7) is 3.45. The second-order valence-corrected chi connectivity index (χ2v) is 5.42. The lowest BCUT2D eigenvalue weighted by Crippen LogP contribution is -2.00. The molecular weight excluding hydrogens is 289 g/mol. The Morgan fingerprint density at radius 2 is 1.63 bits per heavy atom. The molecule has 0 amide bonds. The van der Waals surface area contributed by atoms with E-state index in [-0.39, 0.29) is 5.56 Å². The summed E-state index contributed by atoms with van der Waals surface area (Å²) in [6.07, 6.45) is 0. The molecule has 1 unspecified atom stereocenters. The zero-order valence-electron chi connectivity index (χ0n) is 10.5. The molecular formula is C15H12Cl2F2. The minimum Gasteiger partial charge on any atom is -0.207 e. The number of alkyl halides is 1. The van der Waals surface area contributed by atoms with Gasteiger partial charge < -0.3 is 0 Å². The maximum Gasteiger partial charge on any atom is 0.131 e. The van der Waals surface area contributed by atoms with E-state index >= 15 is 0 Å². The maximum atomic E-state index is 13.8. The Kier molecular flexibility index (Phi) is 4.12. The van der Waals surface area contributed by atoms with Crippen LogP contribution in [0.1, 0.15) is 27.6 Å². The van der Waals surface area contributed by atoms with Gasteiger partial charge in [0.2, 0.25) is 0 Å². The van der Waals surface area contributed by atoms with E-state index in [9.17, 15) is 8.78 Å². The van der Waals surface area contributed by atoms with Gasteiger partial charge in [0, 0.05) is 16.7 Å². The van der Waals surface area contributed by atoms with Crippen LogP contribution in [0.25, 0.3) is 0 Å². The van der Waals surface area contributed by atoms with E-state index in [1.54, 1.807) is 19.1 Å². The molecule has 19 heavy (non-hydrogen) atoms. The summed E-state index contributed by atoms with van der Waals surface area (Å²) in [4.78, 5) is 0. The number of rotatable bonds is 2. The standard InChI is InChI=1S/C15H12Cl2F2/c1-8-3-10(6-11(16)4-8)15(17)12-5-9(2)13(18)7-14(12)19/h3-7,15H,1-2H3. The molecule has 2 rings (SSSR count). The molecule has 0 fully saturated rings. The SMILES string of the molecule is Cc1cc(Cl)cc(C(Cl)c2cc(C)c(F)cc2F)c1. The molecule has 0 aliphatic heterocycles. The van der Waals surface area contributed by atoms with E-state index in [0.29, 0.717) is 16.1 Å².